The molecular formula is C16H24N2OS. The van der Waals surface area contributed by atoms with Crippen molar-refractivity contribution in [2.45, 2.75) is 58.3 Å². The maximum absolute atomic E-state index is 12.8. The lowest BCUT2D eigenvalue weighted by atomic mass is 10.0. The van der Waals surface area contributed by atoms with Crippen LogP contribution in [-0.2, 0) is 4.79 Å². The Kier molecular flexibility index (Phi) is 3.87. The molecule has 0 aromatic carbocycles. The fourth-order valence-electron chi connectivity index (χ4n) is 3.20. The molecule has 2 fully saturated rings. The minimum absolute atomic E-state index is 0.0108. The van der Waals surface area contributed by atoms with E-state index in [9.17, 15) is 4.79 Å². The molecule has 3 nitrogen and oxygen atoms in total. The van der Waals surface area contributed by atoms with Gasteiger partial charge in [0.1, 0.15) is 6.17 Å². The summed E-state index contributed by atoms with van der Waals surface area (Å²) in [4.78, 5) is 16.2. The third-order valence-electron chi connectivity index (χ3n) is 4.45. The lowest BCUT2D eigenvalue weighted by Crippen LogP contribution is -2.39. The van der Waals surface area contributed by atoms with Gasteiger partial charge < -0.3 is 4.90 Å². The van der Waals surface area contributed by atoms with Crippen molar-refractivity contribution in [1.82, 2.24) is 10.2 Å². The number of carbonyl (C=O) groups excluding carboxylic acids is 1. The minimum Gasteiger partial charge on any atom is -0.318 e. The fraction of sp³-hybridized carbons (Fsp3) is 0.688. The molecular weight excluding hydrogens is 268 g/mol. The molecule has 2 aliphatic rings. The molecule has 1 aliphatic heterocycles. The fourth-order valence-corrected chi connectivity index (χ4v) is 3.98. The highest BCUT2D eigenvalue weighted by atomic mass is 32.1. The van der Waals surface area contributed by atoms with Gasteiger partial charge in [-0.25, -0.2) is 0 Å². The van der Waals surface area contributed by atoms with E-state index in [2.05, 4.69) is 48.5 Å². The average Bonchev–Trinajstić information content (AvgIpc) is 3.01. The Morgan fingerprint density at radius 2 is 2.15 bits per heavy atom. The molecule has 1 amide bonds. The molecule has 0 spiro atoms. The van der Waals surface area contributed by atoms with Crippen molar-refractivity contribution < 1.29 is 4.79 Å². The lowest BCUT2D eigenvalue weighted by molar-refractivity contribution is -0.132. The number of carbonyl (C=O) groups is 1. The van der Waals surface area contributed by atoms with E-state index in [1.807, 2.05) is 0 Å². The van der Waals surface area contributed by atoms with Gasteiger partial charge >= 0.3 is 0 Å². The van der Waals surface area contributed by atoms with Crippen molar-refractivity contribution in [3.05, 3.63) is 22.4 Å². The second-order valence-corrected chi connectivity index (χ2v) is 7.57. The van der Waals surface area contributed by atoms with Gasteiger partial charge in [0, 0.05) is 10.9 Å². The van der Waals surface area contributed by atoms with E-state index in [4.69, 9.17) is 0 Å². The number of nitrogens with zero attached hydrogens (tertiary/aromatic N) is 1. The molecule has 1 aromatic rings. The molecule has 1 aromatic heterocycles. The first-order valence-electron chi connectivity index (χ1n) is 7.69. The maximum atomic E-state index is 12.8. The van der Waals surface area contributed by atoms with E-state index >= 15 is 0 Å². The van der Waals surface area contributed by atoms with Gasteiger partial charge in [0.05, 0.1) is 6.04 Å². The molecule has 0 radical (unpaired) electrons. The van der Waals surface area contributed by atoms with Crippen LogP contribution >= 0.6 is 11.3 Å². The van der Waals surface area contributed by atoms with Crippen LogP contribution in [0.15, 0.2) is 17.5 Å². The Bertz CT molecular complexity index is 467. The maximum Gasteiger partial charge on any atom is 0.241 e. The smallest absolute Gasteiger partial charge is 0.241 e. The van der Waals surface area contributed by atoms with Crippen LogP contribution in [-0.4, -0.2) is 22.9 Å². The van der Waals surface area contributed by atoms with Gasteiger partial charge in [0.15, 0.2) is 0 Å². The summed E-state index contributed by atoms with van der Waals surface area (Å²) in [6.45, 7) is 6.58. The molecule has 1 saturated heterocycles. The highest BCUT2D eigenvalue weighted by Crippen LogP contribution is 2.41. The van der Waals surface area contributed by atoms with Crippen LogP contribution in [0, 0.1) is 11.8 Å². The SMILES string of the molecule is CC(C)CC1NC(c2cccs2)N(C(C)C2CC2)C1=O. The first-order chi connectivity index (χ1) is 9.58. The van der Waals surface area contributed by atoms with E-state index < -0.39 is 0 Å². The van der Waals surface area contributed by atoms with E-state index in [0.717, 1.165) is 6.42 Å². The number of nitrogens with one attached hydrogen (secondary N) is 1. The summed E-state index contributed by atoms with van der Waals surface area (Å²) in [6.07, 6.45) is 3.56. The largest absolute Gasteiger partial charge is 0.318 e. The third kappa shape index (κ3) is 2.63. The van der Waals surface area contributed by atoms with Crippen LogP contribution in [0.25, 0.3) is 0 Å². The van der Waals surface area contributed by atoms with Crippen molar-refractivity contribution in [2.24, 2.45) is 11.8 Å². The normalized spacial score (nSPS) is 28.4. The summed E-state index contributed by atoms with van der Waals surface area (Å²) >= 11 is 1.74. The van der Waals surface area contributed by atoms with Gasteiger partial charge in [-0.1, -0.05) is 19.9 Å². The molecule has 4 heteroatoms. The highest BCUT2D eigenvalue weighted by molar-refractivity contribution is 7.10. The van der Waals surface area contributed by atoms with Gasteiger partial charge in [0.25, 0.3) is 0 Å². The van der Waals surface area contributed by atoms with Crippen molar-refractivity contribution in [3.8, 4) is 0 Å². The predicted molar refractivity (Wildman–Crippen MR) is 82.5 cm³/mol. The molecule has 110 valence electrons. The molecule has 1 N–H and O–H groups in total. The molecule has 1 saturated carbocycles. The van der Waals surface area contributed by atoms with Crippen LogP contribution in [0.1, 0.15) is 51.1 Å². The Balaban J connectivity index is 1.83. The molecule has 0 bridgehead atoms. The number of hydrogen-bond acceptors (Lipinski definition) is 3. The molecule has 1 aliphatic carbocycles. The number of rotatable bonds is 5. The van der Waals surface area contributed by atoms with E-state index in [1.165, 1.54) is 17.7 Å². The van der Waals surface area contributed by atoms with E-state index in [-0.39, 0.29) is 12.2 Å². The molecule has 3 unspecified atom stereocenters. The zero-order valence-electron chi connectivity index (χ0n) is 12.5. The van der Waals surface area contributed by atoms with Gasteiger partial charge in [-0.15, -0.1) is 11.3 Å². The van der Waals surface area contributed by atoms with E-state index in [1.54, 1.807) is 11.3 Å². The van der Waals surface area contributed by atoms with Crippen LogP contribution in [0.5, 0.6) is 0 Å². The lowest BCUT2D eigenvalue weighted by Gasteiger charge is -2.30. The Morgan fingerprint density at radius 3 is 2.70 bits per heavy atom. The number of hydrogen-bond donors (Lipinski definition) is 1. The second-order valence-electron chi connectivity index (χ2n) is 6.59. The summed E-state index contributed by atoms with van der Waals surface area (Å²) in [5.74, 6) is 1.55. The van der Waals surface area contributed by atoms with Gasteiger partial charge in [-0.2, -0.15) is 0 Å². The van der Waals surface area contributed by atoms with Crippen molar-refractivity contribution in [3.63, 3.8) is 0 Å². The molecule has 2 heterocycles. The Labute approximate surface area is 125 Å². The topological polar surface area (TPSA) is 32.3 Å². The van der Waals surface area contributed by atoms with Gasteiger partial charge in [0.2, 0.25) is 5.91 Å². The first kappa shape index (κ1) is 14.1. The molecule has 3 rings (SSSR count). The van der Waals surface area contributed by atoms with Crippen molar-refractivity contribution in [2.75, 3.05) is 0 Å². The standard InChI is InChI=1S/C16H24N2OS/c1-10(2)9-13-16(19)18(11(3)12-6-7-12)15(17-13)14-5-4-8-20-14/h4-5,8,10-13,15,17H,6-7,9H2,1-3H3. The Hall–Kier alpha value is -0.870. The third-order valence-corrected chi connectivity index (χ3v) is 5.38. The summed E-state index contributed by atoms with van der Waals surface area (Å²) in [5.41, 5.74) is 0. The average molecular weight is 292 g/mol. The first-order valence-corrected chi connectivity index (χ1v) is 8.57. The minimum atomic E-state index is -0.0108. The Morgan fingerprint density at radius 1 is 1.40 bits per heavy atom. The van der Waals surface area contributed by atoms with Crippen molar-refractivity contribution in [1.29, 1.82) is 0 Å². The quantitative estimate of drug-likeness (QED) is 0.902. The second kappa shape index (κ2) is 5.49. The summed E-state index contributed by atoms with van der Waals surface area (Å²) in [6, 6.07) is 4.56. The summed E-state index contributed by atoms with van der Waals surface area (Å²) in [5, 5.41) is 5.67. The highest BCUT2D eigenvalue weighted by Gasteiger charge is 2.46. The van der Waals surface area contributed by atoms with Crippen LogP contribution in [0.3, 0.4) is 0 Å². The summed E-state index contributed by atoms with van der Waals surface area (Å²) in [7, 11) is 0. The van der Waals surface area contributed by atoms with Gasteiger partial charge in [-0.3, -0.25) is 10.1 Å². The number of amides is 1. The summed E-state index contributed by atoms with van der Waals surface area (Å²) < 4.78 is 0. The van der Waals surface area contributed by atoms with Crippen molar-refractivity contribution >= 4 is 17.2 Å². The van der Waals surface area contributed by atoms with E-state index in [0.29, 0.717) is 23.8 Å². The molecule has 3 atom stereocenters. The zero-order chi connectivity index (χ0) is 14.3. The zero-order valence-corrected chi connectivity index (χ0v) is 13.3. The monoisotopic (exact) mass is 292 g/mol. The molecule has 20 heavy (non-hydrogen) atoms. The van der Waals surface area contributed by atoms with Crippen LogP contribution in [0.2, 0.25) is 0 Å². The van der Waals surface area contributed by atoms with Crippen LogP contribution < -0.4 is 5.32 Å². The predicted octanol–water partition coefficient (Wildman–Crippen LogP) is 3.39. The number of thiophene rings is 1. The van der Waals surface area contributed by atoms with Gasteiger partial charge in [-0.05, 0) is 49.5 Å². The van der Waals surface area contributed by atoms with Crippen LogP contribution in [0.4, 0.5) is 0 Å².